The van der Waals surface area contributed by atoms with Crippen LogP contribution in [0.15, 0.2) is 24.3 Å². The molecule has 0 bridgehead atoms. The lowest BCUT2D eigenvalue weighted by Crippen LogP contribution is -2.48. The van der Waals surface area contributed by atoms with Gasteiger partial charge in [-0.15, -0.1) is 0 Å². The Morgan fingerprint density at radius 3 is 2.53 bits per heavy atom. The lowest BCUT2D eigenvalue weighted by molar-refractivity contribution is -0.127. The number of ether oxygens (including phenoxy) is 3. The van der Waals surface area contributed by atoms with E-state index in [1.165, 1.54) is 0 Å². The first-order chi connectivity index (χ1) is 15.5. The van der Waals surface area contributed by atoms with Crippen molar-refractivity contribution in [2.24, 2.45) is 5.92 Å². The highest BCUT2D eigenvalue weighted by atomic mass is 16.5. The van der Waals surface area contributed by atoms with Crippen LogP contribution in [0.3, 0.4) is 0 Å². The van der Waals surface area contributed by atoms with Gasteiger partial charge in [0.1, 0.15) is 0 Å². The fourth-order valence-electron chi connectivity index (χ4n) is 4.64. The summed E-state index contributed by atoms with van der Waals surface area (Å²) in [5.41, 5.74) is 0.934. The molecule has 0 radical (unpaired) electrons. The van der Waals surface area contributed by atoms with E-state index in [0.717, 1.165) is 69.7 Å². The van der Waals surface area contributed by atoms with Crippen LogP contribution in [0.25, 0.3) is 6.08 Å². The maximum Gasteiger partial charge on any atom is 0.246 e. The van der Waals surface area contributed by atoms with E-state index in [1.54, 1.807) is 13.2 Å². The summed E-state index contributed by atoms with van der Waals surface area (Å²) in [6.45, 7) is 11.9. The molecule has 2 atom stereocenters. The van der Waals surface area contributed by atoms with Crippen molar-refractivity contribution in [3.8, 4) is 11.5 Å². The topological polar surface area (TPSA) is 51.2 Å². The molecule has 1 aromatic carbocycles. The van der Waals surface area contributed by atoms with Crippen LogP contribution in [-0.2, 0) is 9.53 Å². The van der Waals surface area contributed by atoms with Crippen molar-refractivity contribution in [1.29, 1.82) is 0 Å². The predicted octanol–water partition coefficient (Wildman–Crippen LogP) is 4.24. The first-order valence-corrected chi connectivity index (χ1v) is 12.1. The molecule has 0 aliphatic carbocycles. The van der Waals surface area contributed by atoms with Crippen molar-refractivity contribution in [3.05, 3.63) is 29.8 Å². The van der Waals surface area contributed by atoms with E-state index in [-0.39, 0.29) is 5.91 Å². The van der Waals surface area contributed by atoms with E-state index in [2.05, 4.69) is 25.7 Å². The van der Waals surface area contributed by atoms with Gasteiger partial charge in [0, 0.05) is 38.8 Å². The van der Waals surface area contributed by atoms with Crippen LogP contribution in [-0.4, -0.2) is 74.4 Å². The van der Waals surface area contributed by atoms with Crippen molar-refractivity contribution in [1.82, 2.24) is 9.80 Å². The number of methoxy groups -OCH3 is 1. The van der Waals surface area contributed by atoms with Gasteiger partial charge < -0.3 is 19.1 Å². The van der Waals surface area contributed by atoms with Gasteiger partial charge in [0.25, 0.3) is 0 Å². The standard InChI is InChI=1S/C26H40N2O4/c1-5-6-15-31-24-9-7-22(16-25(24)30-4)8-10-26(29)28-13-11-23(12-14-28)19-27-17-20(2)32-21(3)18-27/h7-10,16,20-21,23H,5-6,11-15,17-19H2,1-4H3/b10-8+. The monoisotopic (exact) mass is 444 g/mol. The first kappa shape index (κ1) is 24.6. The number of carbonyl (C=O) groups excluding carboxylic acids is 1. The Balaban J connectivity index is 1.47. The largest absolute Gasteiger partial charge is 0.493 e. The van der Waals surface area contributed by atoms with E-state index in [1.807, 2.05) is 29.2 Å². The molecule has 6 nitrogen and oxygen atoms in total. The van der Waals surface area contributed by atoms with Gasteiger partial charge in [-0.2, -0.15) is 0 Å². The number of unbranched alkanes of at least 4 members (excludes halogenated alkanes) is 1. The minimum atomic E-state index is 0.0827. The number of likely N-dealkylation sites (tertiary alicyclic amines) is 1. The van der Waals surface area contributed by atoms with Gasteiger partial charge in [-0.25, -0.2) is 0 Å². The van der Waals surface area contributed by atoms with Gasteiger partial charge in [-0.05, 0) is 62.8 Å². The van der Waals surface area contributed by atoms with Crippen LogP contribution in [0.2, 0.25) is 0 Å². The van der Waals surface area contributed by atoms with Crippen LogP contribution >= 0.6 is 0 Å². The second-order valence-electron chi connectivity index (χ2n) is 9.19. The molecule has 2 fully saturated rings. The Kier molecular flexibility index (Phi) is 9.42. The SMILES string of the molecule is CCCCOc1ccc(/C=C/C(=O)N2CCC(CN3CC(C)OC(C)C3)CC2)cc1OC. The number of piperidine rings is 1. The summed E-state index contributed by atoms with van der Waals surface area (Å²) in [5.74, 6) is 2.18. The molecule has 178 valence electrons. The van der Waals surface area contributed by atoms with Crippen molar-refractivity contribution in [2.45, 2.75) is 58.7 Å². The second kappa shape index (κ2) is 12.3. The van der Waals surface area contributed by atoms with Crippen LogP contribution < -0.4 is 9.47 Å². The fourth-order valence-corrected chi connectivity index (χ4v) is 4.64. The smallest absolute Gasteiger partial charge is 0.246 e. The predicted molar refractivity (Wildman–Crippen MR) is 128 cm³/mol. The number of hydrogen-bond acceptors (Lipinski definition) is 5. The van der Waals surface area contributed by atoms with Crippen LogP contribution in [0.1, 0.15) is 52.0 Å². The summed E-state index contributed by atoms with van der Waals surface area (Å²) in [6, 6.07) is 5.79. The number of hydrogen-bond donors (Lipinski definition) is 0. The average Bonchev–Trinajstić information content (AvgIpc) is 2.78. The zero-order valence-corrected chi connectivity index (χ0v) is 20.2. The van der Waals surface area contributed by atoms with Crippen molar-refractivity contribution in [2.75, 3.05) is 46.4 Å². The Morgan fingerprint density at radius 1 is 1.16 bits per heavy atom. The third-order valence-corrected chi connectivity index (χ3v) is 6.30. The quantitative estimate of drug-likeness (QED) is 0.421. The summed E-state index contributed by atoms with van der Waals surface area (Å²) >= 11 is 0. The first-order valence-electron chi connectivity index (χ1n) is 12.1. The van der Waals surface area contributed by atoms with Crippen molar-refractivity contribution >= 4 is 12.0 Å². The van der Waals surface area contributed by atoms with E-state index >= 15 is 0 Å². The Morgan fingerprint density at radius 2 is 1.88 bits per heavy atom. The molecule has 0 saturated carbocycles. The highest BCUT2D eigenvalue weighted by molar-refractivity contribution is 5.91. The second-order valence-corrected chi connectivity index (χ2v) is 9.19. The van der Waals surface area contributed by atoms with Crippen LogP contribution in [0.4, 0.5) is 0 Å². The molecule has 0 spiro atoms. The number of nitrogens with zero attached hydrogens (tertiary/aromatic N) is 2. The molecular weight excluding hydrogens is 404 g/mol. The fraction of sp³-hybridized carbons (Fsp3) is 0.654. The number of benzene rings is 1. The molecule has 1 amide bonds. The highest BCUT2D eigenvalue weighted by Gasteiger charge is 2.27. The molecular formula is C26H40N2O4. The summed E-state index contributed by atoms with van der Waals surface area (Å²) in [5, 5.41) is 0. The molecule has 2 saturated heterocycles. The Bertz CT molecular complexity index is 748. The third-order valence-electron chi connectivity index (χ3n) is 6.30. The van der Waals surface area contributed by atoms with Gasteiger partial charge in [-0.1, -0.05) is 19.4 Å². The molecule has 6 heteroatoms. The molecule has 2 aliphatic heterocycles. The molecule has 3 rings (SSSR count). The van der Waals surface area contributed by atoms with E-state index in [4.69, 9.17) is 14.2 Å². The number of amides is 1. The summed E-state index contributed by atoms with van der Waals surface area (Å²) in [6.07, 6.45) is 8.40. The van der Waals surface area contributed by atoms with E-state index in [9.17, 15) is 4.79 Å². The lowest BCUT2D eigenvalue weighted by atomic mass is 9.95. The zero-order valence-electron chi connectivity index (χ0n) is 20.2. The molecule has 0 N–H and O–H groups in total. The molecule has 32 heavy (non-hydrogen) atoms. The van der Waals surface area contributed by atoms with Gasteiger partial charge >= 0.3 is 0 Å². The average molecular weight is 445 g/mol. The normalized spacial score (nSPS) is 22.9. The van der Waals surface area contributed by atoms with Gasteiger partial charge in [0.05, 0.1) is 25.9 Å². The molecule has 0 aromatic heterocycles. The number of morpholine rings is 1. The summed E-state index contributed by atoms with van der Waals surface area (Å²) < 4.78 is 17.1. The molecule has 2 aliphatic rings. The lowest BCUT2D eigenvalue weighted by Gasteiger charge is -2.39. The zero-order chi connectivity index (χ0) is 22.9. The minimum Gasteiger partial charge on any atom is -0.493 e. The molecule has 1 aromatic rings. The van der Waals surface area contributed by atoms with Crippen molar-refractivity contribution in [3.63, 3.8) is 0 Å². The van der Waals surface area contributed by atoms with Gasteiger partial charge in [-0.3, -0.25) is 9.69 Å². The number of carbonyl (C=O) groups is 1. The number of rotatable bonds is 9. The van der Waals surface area contributed by atoms with E-state index < -0.39 is 0 Å². The summed E-state index contributed by atoms with van der Waals surface area (Å²) in [4.78, 5) is 17.2. The maximum atomic E-state index is 12.7. The van der Waals surface area contributed by atoms with Crippen LogP contribution in [0.5, 0.6) is 11.5 Å². The Hall–Kier alpha value is -2.05. The highest BCUT2D eigenvalue weighted by Crippen LogP contribution is 2.29. The van der Waals surface area contributed by atoms with Gasteiger partial charge in [0.15, 0.2) is 11.5 Å². The molecule has 2 unspecified atom stereocenters. The molecule has 2 heterocycles. The third kappa shape index (κ3) is 7.24. The maximum absolute atomic E-state index is 12.7. The summed E-state index contributed by atoms with van der Waals surface area (Å²) in [7, 11) is 1.64. The van der Waals surface area contributed by atoms with Crippen LogP contribution in [0, 0.1) is 5.92 Å². The van der Waals surface area contributed by atoms with E-state index in [0.29, 0.717) is 30.5 Å². The Labute approximate surface area is 193 Å². The van der Waals surface area contributed by atoms with Gasteiger partial charge in [0.2, 0.25) is 5.91 Å². The minimum absolute atomic E-state index is 0.0827. The van der Waals surface area contributed by atoms with Crippen molar-refractivity contribution < 1.29 is 19.0 Å².